The highest BCUT2D eigenvalue weighted by Gasteiger charge is 1.97. The molecule has 0 aromatic carbocycles. The Morgan fingerprint density at radius 2 is 1.70 bits per heavy atom. The standard InChI is InChI=1S/C8H12N2/c1-6(2)8-4-9-7(3)10-5-8/h4-6H,1-3H3. The van der Waals surface area contributed by atoms with Gasteiger partial charge in [0, 0.05) is 12.4 Å². The van der Waals surface area contributed by atoms with Crippen molar-refractivity contribution >= 4 is 0 Å². The van der Waals surface area contributed by atoms with E-state index in [-0.39, 0.29) is 0 Å². The van der Waals surface area contributed by atoms with E-state index < -0.39 is 0 Å². The molecule has 0 saturated carbocycles. The molecular formula is C8H12N2. The third-order valence-corrected chi connectivity index (χ3v) is 1.47. The first-order chi connectivity index (χ1) is 4.70. The minimum atomic E-state index is 0.528. The normalized spacial score (nSPS) is 10.4. The summed E-state index contributed by atoms with van der Waals surface area (Å²) in [5, 5.41) is 0. The molecule has 1 aromatic rings. The van der Waals surface area contributed by atoms with Gasteiger partial charge in [-0.1, -0.05) is 13.8 Å². The van der Waals surface area contributed by atoms with Crippen LogP contribution < -0.4 is 0 Å². The molecule has 0 radical (unpaired) electrons. The summed E-state index contributed by atoms with van der Waals surface area (Å²) in [7, 11) is 0. The smallest absolute Gasteiger partial charge is 0.125 e. The molecule has 0 amide bonds. The molecule has 0 unspecified atom stereocenters. The average Bonchev–Trinajstić information content (AvgIpc) is 1.88. The predicted molar refractivity (Wildman–Crippen MR) is 40.9 cm³/mol. The number of aromatic nitrogens is 2. The Balaban J connectivity index is 2.89. The van der Waals surface area contributed by atoms with Gasteiger partial charge in [0.05, 0.1) is 0 Å². The van der Waals surface area contributed by atoms with Gasteiger partial charge in [-0.25, -0.2) is 9.97 Å². The maximum Gasteiger partial charge on any atom is 0.125 e. The highest BCUT2D eigenvalue weighted by Crippen LogP contribution is 2.10. The van der Waals surface area contributed by atoms with E-state index in [0.29, 0.717) is 5.92 Å². The van der Waals surface area contributed by atoms with Crippen molar-refractivity contribution in [3.8, 4) is 0 Å². The van der Waals surface area contributed by atoms with Gasteiger partial charge in [0.15, 0.2) is 0 Å². The molecule has 54 valence electrons. The van der Waals surface area contributed by atoms with Crippen LogP contribution in [0, 0.1) is 6.92 Å². The summed E-state index contributed by atoms with van der Waals surface area (Å²) < 4.78 is 0. The lowest BCUT2D eigenvalue weighted by molar-refractivity contribution is 0.837. The van der Waals surface area contributed by atoms with Crippen LogP contribution in [0.25, 0.3) is 0 Å². The Kier molecular flexibility index (Phi) is 2.00. The molecule has 1 aromatic heterocycles. The zero-order chi connectivity index (χ0) is 7.56. The van der Waals surface area contributed by atoms with E-state index in [1.54, 1.807) is 0 Å². The molecule has 0 aliphatic carbocycles. The summed E-state index contributed by atoms with van der Waals surface area (Å²) in [5.41, 5.74) is 1.20. The lowest BCUT2D eigenvalue weighted by Gasteiger charge is -2.01. The summed E-state index contributed by atoms with van der Waals surface area (Å²) in [6.07, 6.45) is 3.76. The Morgan fingerprint density at radius 1 is 1.20 bits per heavy atom. The monoisotopic (exact) mass is 136 g/mol. The predicted octanol–water partition coefficient (Wildman–Crippen LogP) is 1.91. The summed E-state index contributed by atoms with van der Waals surface area (Å²) in [6, 6.07) is 0. The fourth-order valence-electron chi connectivity index (χ4n) is 0.701. The van der Waals surface area contributed by atoms with Crippen molar-refractivity contribution in [2.24, 2.45) is 0 Å². The zero-order valence-corrected chi connectivity index (χ0v) is 6.63. The van der Waals surface area contributed by atoms with Gasteiger partial charge in [0.1, 0.15) is 5.82 Å². The lowest BCUT2D eigenvalue weighted by atomic mass is 10.1. The topological polar surface area (TPSA) is 25.8 Å². The Morgan fingerprint density at radius 3 is 2.10 bits per heavy atom. The third kappa shape index (κ3) is 1.53. The molecule has 0 spiro atoms. The highest BCUT2D eigenvalue weighted by atomic mass is 14.8. The van der Waals surface area contributed by atoms with Crippen LogP contribution >= 0.6 is 0 Å². The van der Waals surface area contributed by atoms with Gasteiger partial charge in [-0.3, -0.25) is 0 Å². The van der Waals surface area contributed by atoms with Crippen LogP contribution in [0.15, 0.2) is 12.4 Å². The van der Waals surface area contributed by atoms with Crippen molar-refractivity contribution in [3.05, 3.63) is 23.8 Å². The van der Waals surface area contributed by atoms with Crippen molar-refractivity contribution in [1.82, 2.24) is 9.97 Å². The first-order valence-corrected chi connectivity index (χ1v) is 3.48. The fourth-order valence-corrected chi connectivity index (χ4v) is 0.701. The van der Waals surface area contributed by atoms with Gasteiger partial charge in [0.2, 0.25) is 0 Å². The first-order valence-electron chi connectivity index (χ1n) is 3.48. The van der Waals surface area contributed by atoms with Crippen LogP contribution in [0.3, 0.4) is 0 Å². The lowest BCUT2D eigenvalue weighted by Crippen LogP contribution is -1.92. The molecule has 0 fully saturated rings. The molecule has 0 bridgehead atoms. The van der Waals surface area contributed by atoms with Crippen molar-refractivity contribution in [2.75, 3.05) is 0 Å². The number of aryl methyl sites for hydroxylation is 1. The van der Waals surface area contributed by atoms with E-state index in [0.717, 1.165) is 5.82 Å². The SMILES string of the molecule is Cc1ncc(C(C)C)cn1. The zero-order valence-electron chi connectivity index (χ0n) is 6.63. The molecule has 10 heavy (non-hydrogen) atoms. The second kappa shape index (κ2) is 2.78. The molecule has 0 aliphatic heterocycles. The summed E-state index contributed by atoms with van der Waals surface area (Å²) in [5.74, 6) is 1.37. The maximum absolute atomic E-state index is 4.09. The Hall–Kier alpha value is -0.920. The van der Waals surface area contributed by atoms with Crippen molar-refractivity contribution in [2.45, 2.75) is 26.7 Å². The molecule has 0 N–H and O–H groups in total. The van der Waals surface area contributed by atoms with E-state index in [1.807, 2.05) is 19.3 Å². The molecule has 0 atom stereocenters. The molecule has 1 rings (SSSR count). The molecule has 2 nitrogen and oxygen atoms in total. The summed E-state index contributed by atoms with van der Waals surface area (Å²) in [4.78, 5) is 8.18. The number of nitrogens with zero attached hydrogens (tertiary/aromatic N) is 2. The van der Waals surface area contributed by atoms with Gasteiger partial charge in [-0.15, -0.1) is 0 Å². The summed E-state index contributed by atoms with van der Waals surface area (Å²) in [6.45, 7) is 6.16. The van der Waals surface area contributed by atoms with Gasteiger partial charge in [-0.05, 0) is 18.4 Å². The third-order valence-electron chi connectivity index (χ3n) is 1.47. The van der Waals surface area contributed by atoms with Crippen LogP contribution in [0.5, 0.6) is 0 Å². The van der Waals surface area contributed by atoms with E-state index in [4.69, 9.17) is 0 Å². The van der Waals surface area contributed by atoms with Crippen LogP contribution in [0.2, 0.25) is 0 Å². The quantitative estimate of drug-likeness (QED) is 0.589. The first kappa shape index (κ1) is 7.19. The van der Waals surface area contributed by atoms with E-state index in [1.165, 1.54) is 5.56 Å². The average molecular weight is 136 g/mol. The molecule has 1 heterocycles. The second-order valence-electron chi connectivity index (χ2n) is 2.72. The van der Waals surface area contributed by atoms with Gasteiger partial charge < -0.3 is 0 Å². The fraction of sp³-hybridized carbons (Fsp3) is 0.500. The van der Waals surface area contributed by atoms with E-state index in [2.05, 4.69) is 23.8 Å². The van der Waals surface area contributed by atoms with Crippen LogP contribution in [0.1, 0.15) is 31.2 Å². The van der Waals surface area contributed by atoms with Crippen molar-refractivity contribution < 1.29 is 0 Å². The number of rotatable bonds is 1. The largest absolute Gasteiger partial charge is 0.241 e. The van der Waals surface area contributed by atoms with Gasteiger partial charge in [-0.2, -0.15) is 0 Å². The summed E-state index contributed by atoms with van der Waals surface area (Å²) >= 11 is 0. The highest BCUT2D eigenvalue weighted by molar-refractivity contribution is 5.08. The molecule has 0 saturated heterocycles. The van der Waals surface area contributed by atoms with Crippen molar-refractivity contribution in [1.29, 1.82) is 0 Å². The van der Waals surface area contributed by atoms with Gasteiger partial charge >= 0.3 is 0 Å². The molecule has 0 aliphatic rings. The van der Waals surface area contributed by atoms with Crippen LogP contribution in [-0.2, 0) is 0 Å². The minimum absolute atomic E-state index is 0.528. The van der Waals surface area contributed by atoms with Crippen molar-refractivity contribution in [3.63, 3.8) is 0 Å². The molecule has 2 heteroatoms. The molecular weight excluding hydrogens is 124 g/mol. The van der Waals surface area contributed by atoms with Gasteiger partial charge in [0.25, 0.3) is 0 Å². The Bertz CT molecular complexity index is 201. The second-order valence-corrected chi connectivity index (χ2v) is 2.72. The van der Waals surface area contributed by atoms with Crippen LogP contribution in [0.4, 0.5) is 0 Å². The Labute approximate surface area is 61.3 Å². The van der Waals surface area contributed by atoms with E-state index >= 15 is 0 Å². The maximum atomic E-state index is 4.09. The number of hydrogen-bond acceptors (Lipinski definition) is 2. The van der Waals surface area contributed by atoms with E-state index in [9.17, 15) is 0 Å². The number of hydrogen-bond donors (Lipinski definition) is 0. The van der Waals surface area contributed by atoms with Crippen LogP contribution in [-0.4, -0.2) is 9.97 Å². The minimum Gasteiger partial charge on any atom is -0.241 e.